The molecule has 212 valence electrons. The van der Waals surface area contributed by atoms with E-state index in [0.717, 1.165) is 28.9 Å². The van der Waals surface area contributed by atoms with Crippen LogP contribution < -0.4 is 10.2 Å². The molecule has 1 aromatic heterocycles. The van der Waals surface area contributed by atoms with E-state index in [1.54, 1.807) is 31.3 Å². The van der Waals surface area contributed by atoms with Gasteiger partial charge in [-0.25, -0.2) is 4.98 Å². The summed E-state index contributed by atoms with van der Waals surface area (Å²) in [6.07, 6.45) is -2.36. The average Bonchev–Trinajstić information content (AvgIpc) is 2.93. The number of hydrogen-bond donors (Lipinski definition) is 1. The molecule has 0 amide bonds. The third-order valence-electron chi connectivity index (χ3n) is 6.69. The molecular formula is C32H31F3N4O2. The number of nitrogens with one attached hydrogen (secondary N) is 1. The van der Waals surface area contributed by atoms with Gasteiger partial charge in [-0.3, -0.25) is 9.59 Å². The number of aromatic nitrogens is 2. The van der Waals surface area contributed by atoms with Crippen molar-refractivity contribution in [1.29, 1.82) is 0 Å². The molecule has 4 rings (SSSR count). The van der Waals surface area contributed by atoms with Gasteiger partial charge in [0.2, 0.25) is 5.95 Å². The number of anilines is 4. The standard InChI is InChI=1S/C32H31F3N4O2/c1-5-29(41)28-19-25(9-6-21(28)3)37-31-36-13-12-30(38-31)39(4)26-10-7-22(8-11-26)17-27(40)18-23-14-20(2)15-24(16-23)32(33,34)35/h6-16,19H,5,17-18H2,1-4H3,(H,36,37,38). The molecule has 0 bridgehead atoms. The van der Waals surface area contributed by atoms with Gasteiger partial charge < -0.3 is 10.2 Å². The molecule has 0 saturated heterocycles. The Morgan fingerprint density at radius 1 is 0.902 bits per heavy atom. The van der Waals surface area contributed by atoms with Crippen LogP contribution in [-0.4, -0.2) is 28.6 Å². The molecule has 0 saturated carbocycles. The van der Waals surface area contributed by atoms with Crippen LogP contribution in [-0.2, 0) is 23.8 Å². The quantitative estimate of drug-likeness (QED) is 0.202. The van der Waals surface area contributed by atoms with Crippen LogP contribution in [0.1, 0.15) is 51.5 Å². The first-order valence-electron chi connectivity index (χ1n) is 13.2. The lowest BCUT2D eigenvalue weighted by Gasteiger charge is -2.19. The fourth-order valence-electron chi connectivity index (χ4n) is 4.53. The van der Waals surface area contributed by atoms with E-state index in [0.29, 0.717) is 40.6 Å². The van der Waals surface area contributed by atoms with Crippen LogP contribution in [0, 0.1) is 13.8 Å². The lowest BCUT2D eigenvalue weighted by atomic mass is 9.99. The summed E-state index contributed by atoms with van der Waals surface area (Å²) in [5.74, 6) is 0.899. The maximum atomic E-state index is 13.1. The van der Waals surface area contributed by atoms with Gasteiger partial charge in [0.15, 0.2) is 5.78 Å². The number of benzene rings is 3. The zero-order valence-corrected chi connectivity index (χ0v) is 23.3. The first-order valence-corrected chi connectivity index (χ1v) is 13.2. The Balaban J connectivity index is 1.42. The third-order valence-corrected chi connectivity index (χ3v) is 6.69. The van der Waals surface area contributed by atoms with Gasteiger partial charge in [0.1, 0.15) is 11.6 Å². The van der Waals surface area contributed by atoms with Crippen LogP contribution in [0.5, 0.6) is 0 Å². The van der Waals surface area contributed by atoms with E-state index in [9.17, 15) is 22.8 Å². The number of carbonyl (C=O) groups is 2. The molecule has 0 aliphatic carbocycles. The summed E-state index contributed by atoms with van der Waals surface area (Å²) in [5, 5.41) is 3.16. The lowest BCUT2D eigenvalue weighted by molar-refractivity contribution is -0.137. The molecule has 0 aliphatic heterocycles. The molecular weight excluding hydrogens is 529 g/mol. The Morgan fingerprint density at radius 3 is 2.29 bits per heavy atom. The molecule has 0 unspecified atom stereocenters. The zero-order valence-electron chi connectivity index (χ0n) is 23.3. The molecule has 0 fully saturated rings. The van der Waals surface area contributed by atoms with E-state index in [-0.39, 0.29) is 24.4 Å². The van der Waals surface area contributed by atoms with E-state index in [1.807, 2.05) is 62.2 Å². The highest BCUT2D eigenvalue weighted by Gasteiger charge is 2.31. The Morgan fingerprint density at radius 2 is 1.61 bits per heavy atom. The fraction of sp³-hybridized carbons (Fsp3) is 0.250. The number of Topliss-reactive ketones (excluding diaryl/α,β-unsaturated/α-hetero) is 2. The minimum Gasteiger partial charge on any atom is -0.329 e. The van der Waals surface area contributed by atoms with Crippen molar-refractivity contribution in [3.63, 3.8) is 0 Å². The van der Waals surface area contributed by atoms with E-state index >= 15 is 0 Å². The number of aryl methyl sites for hydroxylation is 2. The Kier molecular flexibility index (Phi) is 8.86. The topological polar surface area (TPSA) is 75.2 Å². The minimum atomic E-state index is -4.45. The molecule has 6 nitrogen and oxygen atoms in total. The molecule has 0 spiro atoms. The van der Waals surface area contributed by atoms with Crippen molar-refractivity contribution in [3.05, 3.63) is 106 Å². The molecule has 0 atom stereocenters. The van der Waals surface area contributed by atoms with Crippen molar-refractivity contribution in [3.8, 4) is 0 Å². The van der Waals surface area contributed by atoms with Gasteiger partial charge in [-0.05, 0) is 73.0 Å². The highest BCUT2D eigenvalue weighted by atomic mass is 19.4. The van der Waals surface area contributed by atoms with Crippen LogP contribution in [0.15, 0.2) is 72.9 Å². The number of alkyl halides is 3. The molecule has 3 aromatic carbocycles. The molecule has 4 aromatic rings. The summed E-state index contributed by atoms with van der Waals surface area (Å²) >= 11 is 0. The zero-order chi connectivity index (χ0) is 29.7. The second kappa shape index (κ2) is 12.3. The number of nitrogens with zero attached hydrogens (tertiary/aromatic N) is 3. The van der Waals surface area contributed by atoms with Gasteiger partial charge >= 0.3 is 6.18 Å². The van der Waals surface area contributed by atoms with Crippen molar-refractivity contribution in [2.24, 2.45) is 0 Å². The van der Waals surface area contributed by atoms with E-state index in [4.69, 9.17) is 0 Å². The summed E-state index contributed by atoms with van der Waals surface area (Å²) in [6.45, 7) is 5.32. The first kappa shape index (κ1) is 29.5. The SMILES string of the molecule is CCC(=O)c1cc(Nc2nccc(N(C)c3ccc(CC(=O)Cc4cc(C)cc(C(F)(F)F)c4)cc3)n2)ccc1C. The Bertz CT molecular complexity index is 1570. The van der Waals surface area contributed by atoms with Crippen molar-refractivity contribution in [1.82, 2.24) is 9.97 Å². The van der Waals surface area contributed by atoms with Gasteiger partial charge in [0.05, 0.1) is 5.56 Å². The number of carbonyl (C=O) groups excluding carboxylic acids is 2. The number of rotatable bonds is 10. The van der Waals surface area contributed by atoms with Crippen molar-refractivity contribution >= 4 is 34.7 Å². The maximum absolute atomic E-state index is 13.1. The van der Waals surface area contributed by atoms with Gasteiger partial charge in [0.25, 0.3) is 0 Å². The smallest absolute Gasteiger partial charge is 0.329 e. The van der Waals surface area contributed by atoms with Gasteiger partial charge in [0, 0.05) is 49.4 Å². The molecule has 9 heteroatoms. The average molecular weight is 561 g/mol. The number of halogens is 3. The molecule has 1 N–H and O–H groups in total. The normalized spacial score (nSPS) is 11.3. The van der Waals surface area contributed by atoms with Crippen molar-refractivity contribution in [2.75, 3.05) is 17.3 Å². The van der Waals surface area contributed by atoms with Crippen molar-refractivity contribution in [2.45, 2.75) is 46.2 Å². The first-order chi connectivity index (χ1) is 19.4. The third kappa shape index (κ3) is 7.57. The van der Waals surface area contributed by atoms with Crippen LogP contribution >= 0.6 is 0 Å². The Labute approximate surface area is 237 Å². The molecule has 0 aliphatic rings. The number of hydrogen-bond acceptors (Lipinski definition) is 6. The highest BCUT2D eigenvalue weighted by Crippen LogP contribution is 2.31. The van der Waals surface area contributed by atoms with Gasteiger partial charge in [-0.2, -0.15) is 18.2 Å². The fourth-order valence-corrected chi connectivity index (χ4v) is 4.53. The lowest BCUT2D eigenvalue weighted by Crippen LogP contribution is -2.13. The minimum absolute atomic E-state index is 0.0662. The van der Waals surface area contributed by atoms with Gasteiger partial charge in [-0.1, -0.05) is 36.8 Å². The number of ketones is 2. The summed E-state index contributed by atoms with van der Waals surface area (Å²) in [4.78, 5) is 35.6. The van der Waals surface area contributed by atoms with E-state index in [1.165, 1.54) is 0 Å². The van der Waals surface area contributed by atoms with Crippen LogP contribution in [0.3, 0.4) is 0 Å². The van der Waals surface area contributed by atoms with Crippen LogP contribution in [0.2, 0.25) is 0 Å². The molecule has 41 heavy (non-hydrogen) atoms. The molecule has 1 heterocycles. The maximum Gasteiger partial charge on any atom is 0.416 e. The predicted octanol–water partition coefficient (Wildman–Crippen LogP) is 7.57. The van der Waals surface area contributed by atoms with E-state index in [2.05, 4.69) is 15.3 Å². The van der Waals surface area contributed by atoms with E-state index < -0.39 is 11.7 Å². The summed E-state index contributed by atoms with van der Waals surface area (Å²) in [7, 11) is 1.85. The predicted molar refractivity (Wildman–Crippen MR) is 154 cm³/mol. The Hall–Kier alpha value is -4.53. The second-order valence-corrected chi connectivity index (χ2v) is 9.99. The summed E-state index contributed by atoms with van der Waals surface area (Å²) < 4.78 is 39.4. The largest absolute Gasteiger partial charge is 0.416 e. The van der Waals surface area contributed by atoms with Crippen LogP contribution in [0.25, 0.3) is 0 Å². The van der Waals surface area contributed by atoms with Crippen LogP contribution in [0.4, 0.5) is 36.3 Å². The summed E-state index contributed by atoms with van der Waals surface area (Å²) in [5.41, 5.74) is 3.94. The molecule has 0 radical (unpaired) electrons. The van der Waals surface area contributed by atoms with Gasteiger partial charge in [-0.15, -0.1) is 0 Å². The second-order valence-electron chi connectivity index (χ2n) is 9.99. The highest BCUT2D eigenvalue weighted by molar-refractivity contribution is 5.98. The summed E-state index contributed by atoms with van der Waals surface area (Å²) in [6, 6.07) is 18.4. The monoisotopic (exact) mass is 560 g/mol. The van der Waals surface area contributed by atoms with Crippen molar-refractivity contribution < 1.29 is 22.8 Å².